The number of aromatic nitrogens is 1. The molecular weight excluding hydrogens is 398 g/mol. The highest BCUT2D eigenvalue weighted by molar-refractivity contribution is 7.92. The lowest BCUT2D eigenvalue weighted by Crippen LogP contribution is -2.35. The summed E-state index contributed by atoms with van der Waals surface area (Å²) in [7, 11) is -3.37. The number of benzene rings is 2. The molecule has 0 aliphatic heterocycles. The van der Waals surface area contributed by atoms with E-state index in [0.717, 1.165) is 41.3 Å². The van der Waals surface area contributed by atoms with Crippen LogP contribution in [0.4, 0.5) is 5.69 Å². The summed E-state index contributed by atoms with van der Waals surface area (Å²) >= 11 is 0. The number of hydrogen-bond acceptors (Lipinski definition) is 3. The Labute approximate surface area is 177 Å². The van der Waals surface area contributed by atoms with Crippen LogP contribution in [0.15, 0.2) is 48.5 Å². The van der Waals surface area contributed by atoms with Crippen molar-refractivity contribution in [2.45, 2.75) is 45.1 Å². The first kappa shape index (κ1) is 20.5. The Morgan fingerprint density at radius 1 is 1.13 bits per heavy atom. The topological polar surface area (TPSA) is 91.1 Å². The van der Waals surface area contributed by atoms with E-state index >= 15 is 0 Å². The molecule has 3 aromatic rings. The summed E-state index contributed by atoms with van der Waals surface area (Å²) in [6.45, 7) is 3.84. The van der Waals surface area contributed by atoms with Crippen LogP contribution in [0.25, 0.3) is 10.9 Å². The van der Waals surface area contributed by atoms with Crippen LogP contribution in [0.1, 0.15) is 54.2 Å². The average Bonchev–Trinajstić information content (AvgIpc) is 3.44. The fourth-order valence-corrected chi connectivity index (χ4v) is 5.09. The molecule has 1 aliphatic rings. The van der Waals surface area contributed by atoms with Gasteiger partial charge in [0.15, 0.2) is 0 Å². The predicted octanol–water partition coefficient (Wildman–Crippen LogP) is 4.44. The zero-order valence-corrected chi connectivity index (χ0v) is 18.1. The first-order valence-corrected chi connectivity index (χ1v) is 12.0. The standard InChI is InChI=1S/C23H27N3O3S/c1-3-4-14-30(28,29)26-18-10-11-20-19(15-18)16(2)21(24-20)22(27)25-23(12-13-23)17-8-6-5-7-9-17/h5-11,15,24,26H,3-4,12-14H2,1-2H3,(H,25,27). The molecule has 7 heteroatoms. The molecule has 1 aliphatic carbocycles. The number of carbonyl (C=O) groups excluding carboxylic acids is 1. The Bertz CT molecular complexity index is 1180. The van der Waals surface area contributed by atoms with Crippen LogP contribution in [-0.2, 0) is 15.6 Å². The number of unbranched alkanes of at least 4 members (excludes halogenated alkanes) is 1. The zero-order chi connectivity index (χ0) is 21.4. The number of amides is 1. The smallest absolute Gasteiger partial charge is 0.268 e. The second-order valence-electron chi connectivity index (χ2n) is 8.06. The summed E-state index contributed by atoms with van der Waals surface area (Å²) in [6, 6.07) is 15.3. The maximum atomic E-state index is 13.0. The Kier molecular flexibility index (Phi) is 5.32. The Morgan fingerprint density at radius 3 is 2.53 bits per heavy atom. The molecule has 0 radical (unpaired) electrons. The van der Waals surface area contributed by atoms with Crippen molar-refractivity contribution in [1.29, 1.82) is 0 Å². The normalized spacial score (nSPS) is 15.1. The molecule has 3 N–H and O–H groups in total. The number of nitrogens with one attached hydrogen (secondary N) is 3. The van der Waals surface area contributed by atoms with E-state index in [9.17, 15) is 13.2 Å². The average molecular weight is 426 g/mol. The molecule has 0 unspecified atom stereocenters. The quantitative estimate of drug-likeness (QED) is 0.498. The molecule has 4 rings (SSSR count). The molecule has 1 saturated carbocycles. The summed E-state index contributed by atoms with van der Waals surface area (Å²) in [5, 5.41) is 4.03. The number of hydrogen-bond donors (Lipinski definition) is 3. The minimum absolute atomic E-state index is 0.100. The van der Waals surface area contributed by atoms with E-state index in [1.807, 2.05) is 44.2 Å². The van der Waals surface area contributed by atoms with Crippen molar-refractivity contribution in [3.8, 4) is 0 Å². The van der Waals surface area contributed by atoms with Crippen LogP contribution in [0.2, 0.25) is 0 Å². The summed E-state index contributed by atoms with van der Waals surface area (Å²) < 4.78 is 27.1. The minimum atomic E-state index is -3.37. The number of H-pyrrole nitrogens is 1. The van der Waals surface area contributed by atoms with Gasteiger partial charge in [0, 0.05) is 16.6 Å². The second-order valence-corrected chi connectivity index (χ2v) is 9.90. The van der Waals surface area contributed by atoms with Crippen molar-refractivity contribution in [3.63, 3.8) is 0 Å². The van der Waals surface area contributed by atoms with Crippen molar-refractivity contribution in [1.82, 2.24) is 10.3 Å². The molecule has 0 saturated heterocycles. The van der Waals surface area contributed by atoms with Gasteiger partial charge < -0.3 is 10.3 Å². The van der Waals surface area contributed by atoms with E-state index in [0.29, 0.717) is 17.8 Å². The van der Waals surface area contributed by atoms with Gasteiger partial charge in [0.1, 0.15) is 5.69 Å². The first-order valence-electron chi connectivity index (χ1n) is 10.3. The fraction of sp³-hybridized carbons (Fsp3) is 0.348. The highest BCUT2D eigenvalue weighted by atomic mass is 32.2. The molecule has 6 nitrogen and oxygen atoms in total. The summed E-state index contributed by atoms with van der Waals surface area (Å²) in [5.41, 5.74) is 3.46. The number of aryl methyl sites for hydroxylation is 1. The van der Waals surface area contributed by atoms with E-state index in [4.69, 9.17) is 0 Å². The first-order chi connectivity index (χ1) is 14.3. The lowest BCUT2D eigenvalue weighted by molar-refractivity contribution is 0.0926. The molecule has 1 aromatic heterocycles. The minimum Gasteiger partial charge on any atom is -0.350 e. The van der Waals surface area contributed by atoms with Crippen LogP contribution < -0.4 is 10.0 Å². The largest absolute Gasteiger partial charge is 0.350 e. The van der Waals surface area contributed by atoms with Crippen molar-refractivity contribution < 1.29 is 13.2 Å². The monoisotopic (exact) mass is 425 g/mol. The number of sulfonamides is 1. The van der Waals surface area contributed by atoms with E-state index in [-0.39, 0.29) is 17.2 Å². The van der Waals surface area contributed by atoms with Gasteiger partial charge in [-0.15, -0.1) is 0 Å². The van der Waals surface area contributed by atoms with Crippen molar-refractivity contribution in [2.75, 3.05) is 10.5 Å². The van der Waals surface area contributed by atoms with E-state index in [1.165, 1.54) is 0 Å². The lowest BCUT2D eigenvalue weighted by atomic mass is 10.0. The number of aromatic amines is 1. The van der Waals surface area contributed by atoms with Gasteiger partial charge >= 0.3 is 0 Å². The van der Waals surface area contributed by atoms with Gasteiger partial charge in [0.05, 0.1) is 11.3 Å². The third kappa shape index (κ3) is 4.07. The Balaban J connectivity index is 1.57. The highest BCUT2D eigenvalue weighted by Crippen LogP contribution is 2.45. The SMILES string of the molecule is CCCCS(=O)(=O)Nc1ccc2[nH]c(C(=O)NC3(c4ccccc4)CC3)c(C)c2c1. The van der Waals surface area contributed by atoms with Gasteiger partial charge in [-0.2, -0.15) is 0 Å². The van der Waals surface area contributed by atoms with Crippen molar-refractivity contribution in [3.05, 3.63) is 65.4 Å². The zero-order valence-electron chi connectivity index (χ0n) is 17.3. The lowest BCUT2D eigenvalue weighted by Gasteiger charge is -2.17. The summed E-state index contributed by atoms with van der Waals surface area (Å²) in [6.07, 6.45) is 3.28. The number of anilines is 1. The van der Waals surface area contributed by atoms with Crippen LogP contribution in [0.3, 0.4) is 0 Å². The third-order valence-corrected chi connectivity index (χ3v) is 7.13. The molecule has 0 spiro atoms. The molecule has 2 aromatic carbocycles. The highest BCUT2D eigenvalue weighted by Gasteiger charge is 2.45. The number of carbonyl (C=O) groups is 1. The molecule has 0 atom stereocenters. The maximum Gasteiger partial charge on any atom is 0.268 e. The van der Waals surface area contributed by atoms with Gasteiger partial charge in [0.25, 0.3) is 5.91 Å². The molecule has 1 heterocycles. The maximum absolute atomic E-state index is 13.0. The second kappa shape index (κ2) is 7.80. The number of fused-ring (bicyclic) bond motifs is 1. The van der Waals surface area contributed by atoms with Gasteiger partial charge in [-0.3, -0.25) is 9.52 Å². The third-order valence-electron chi connectivity index (χ3n) is 5.75. The van der Waals surface area contributed by atoms with Crippen LogP contribution in [0.5, 0.6) is 0 Å². The van der Waals surface area contributed by atoms with Gasteiger partial charge in [-0.05, 0) is 55.5 Å². The van der Waals surface area contributed by atoms with E-state index in [2.05, 4.69) is 15.0 Å². The summed E-state index contributed by atoms with van der Waals surface area (Å²) in [4.78, 5) is 16.2. The fourth-order valence-electron chi connectivity index (χ4n) is 3.83. The van der Waals surface area contributed by atoms with Gasteiger partial charge in [-0.1, -0.05) is 43.7 Å². The molecular formula is C23H27N3O3S. The predicted molar refractivity (Wildman–Crippen MR) is 120 cm³/mol. The van der Waals surface area contributed by atoms with Crippen LogP contribution in [-0.4, -0.2) is 25.1 Å². The molecule has 1 amide bonds. The molecule has 1 fully saturated rings. The van der Waals surface area contributed by atoms with E-state index in [1.54, 1.807) is 18.2 Å². The van der Waals surface area contributed by atoms with Crippen LogP contribution >= 0.6 is 0 Å². The van der Waals surface area contributed by atoms with Crippen LogP contribution in [0, 0.1) is 6.92 Å². The van der Waals surface area contributed by atoms with E-state index < -0.39 is 10.0 Å². The van der Waals surface area contributed by atoms with Crippen molar-refractivity contribution >= 4 is 32.5 Å². The summed E-state index contributed by atoms with van der Waals surface area (Å²) in [5.74, 6) is -0.0433. The number of rotatable bonds is 8. The van der Waals surface area contributed by atoms with Crippen molar-refractivity contribution in [2.24, 2.45) is 0 Å². The molecule has 0 bridgehead atoms. The van der Waals surface area contributed by atoms with Gasteiger partial charge in [-0.25, -0.2) is 8.42 Å². The molecule has 158 valence electrons. The Hall–Kier alpha value is -2.80. The van der Waals surface area contributed by atoms with Gasteiger partial charge in [0.2, 0.25) is 10.0 Å². The molecule has 30 heavy (non-hydrogen) atoms. The Morgan fingerprint density at radius 2 is 1.87 bits per heavy atom.